The minimum atomic E-state index is -3.19. The van der Waals surface area contributed by atoms with Gasteiger partial charge < -0.3 is 0 Å². The molecule has 7 heavy (non-hydrogen) atoms. The van der Waals surface area contributed by atoms with Crippen LogP contribution < -0.4 is 0 Å². The zero-order valence-electron chi connectivity index (χ0n) is 3.98. The lowest BCUT2D eigenvalue weighted by Crippen LogP contribution is -1.76. The first-order valence-corrected chi connectivity index (χ1v) is 6.15. The fourth-order valence-electron chi connectivity index (χ4n) is 0. The summed E-state index contributed by atoms with van der Waals surface area (Å²) < 4.78 is 18.8. The minimum Gasteiger partial charge on any atom is -0.213 e. The normalized spacial score (nSPS) is 9.14. The summed E-state index contributed by atoms with van der Waals surface area (Å²) in [5.41, 5.74) is 0. The molecule has 0 heterocycles. The molecule has 0 atom stereocenters. The van der Waals surface area contributed by atoms with Crippen LogP contribution in [0, 0.1) is 0 Å². The van der Waals surface area contributed by atoms with Crippen molar-refractivity contribution in [3.63, 3.8) is 0 Å². The molecule has 0 N–H and O–H groups in total. The summed E-state index contributed by atoms with van der Waals surface area (Å²) in [6, 6.07) is 0. The first kappa shape index (κ1) is 10.9. The van der Waals surface area contributed by atoms with Crippen molar-refractivity contribution in [2.75, 3.05) is 11.2 Å². The zero-order chi connectivity index (χ0) is 6.50. The second kappa shape index (κ2) is 5.11. The van der Waals surface area contributed by atoms with Crippen molar-refractivity contribution in [2.45, 2.75) is 0 Å². The first-order chi connectivity index (χ1) is 3.00. The van der Waals surface area contributed by atoms with E-state index in [1.165, 1.54) is 0 Å². The Morgan fingerprint density at radius 2 is 1.43 bits per heavy atom. The van der Waals surface area contributed by atoms with Crippen molar-refractivity contribution in [2.24, 2.45) is 0 Å². The van der Waals surface area contributed by atoms with Crippen LogP contribution in [0.4, 0.5) is 0 Å². The van der Waals surface area contributed by atoms with E-state index in [-0.39, 0.29) is 0 Å². The van der Waals surface area contributed by atoms with E-state index in [1.54, 1.807) is 0 Å². The molecule has 0 aromatic heterocycles. The predicted octanol–water partition coefficient (Wildman–Crippen LogP) is 1.24. The van der Waals surface area contributed by atoms with Crippen molar-refractivity contribution in [1.29, 1.82) is 0 Å². The van der Waals surface area contributed by atoms with Crippen LogP contribution in [0.3, 0.4) is 0 Å². The number of rotatable bonds is 0. The molecule has 0 aromatic rings. The monoisotopic (exact) mass is 256 g/mol. The maximum absolute atomic E-state index is 9.40. The van der Waals surface area contributed by atoms with Gasteiger partial charge in [0.25, 0.3) is 0 Å². The molecule has 0 rings (SSSR count). The Bertz CT molecular complexity index is 98.9. The van der Waals surface area contributed by atoms with Gasteiger partial charge in [0.05, 0.1) is 6.26 Å². The highest BCUT2D eigenvalue weighted by molar-refractivity contribution is 14.1. The maximum atomic E-state index is 9.40. The highest BCUT2D eigenvalue weighted by Crippen LogP contribution is 1.83. The van der Waals surface area contributed by atoms with Crippen LogP contribution in [-0.4, -0.2) is 19.6 Å². The largest absolute Gasteiger partial charge is 0.229 e. The van der Waals surface area contributed by atoms with Gasteiger partial charge in [-0.2, -0.15) is 0 Å². The van der Waals surface area contributed by atoms with Crippen LogP contribution in [0.15, 0.2) is 0 Å². The van der Waals surface area contributed by atoms with Gasteiger partial charge in [0, 0.05) is 10.7 Å². The summed E-state index contributed by atoms with van der Waals surface area (Å²) in [4.78, 5) is 1.97. The summed E-state index contributed by atoms with van der Waals surface area (Å²) in [6.07, 6.45) is 0.925. The summed E-state index contributed by atoms with van der Waals surface area (Å²) in [6.45, 7) is 0. The van der Waals surface area contributed by atoms with Gasteiger partial charge in [-0.25, -0.2) is 8.42 Å². The molecule has 0 radical (unpaired) electrons. The van der Waals surface area contributed by atoms with Gasteiger partial charge in [0.1, 0.15) is 0 Å². The van der Waals surface area contributed by atoms with Gasteiger partial charge in [-0.1, -0.05) is 22.6 Å². The van der Waals surface area contributed by atoms with E-state index < -0.39 is 9.05 Å². The molecule has 0 saturated carbocycles. The third-order valence-corrected chi connectivity index (χ3v) is 0. The van der Waals surface area contributed by atoms with Crippen LogP contribution in [0.25, 0.3) is 0 Å². The maximum Gasteiger partial charge on any atom is 0.229 e. The van der Waals surface area contributed by atoms with E-state index in [1.807, 2.05) is 4.93 Å². The Hall–Kier alpha value is 0.970. The topological polar surface area (TPSA) is 34.1 Å². The van der Waals surface area contributed by atoms with Gasteiger partial charge in [-0.05, 0) is 4.93 Å². The fourth-order valence-corrected chi connectivity index (χ4v) is 0. The Balaban J connectivity index is 0. The predicted molar refractivity (Wildman–Crippen MR) is 40.6 cm³/mol. The van der Waals surface area contributed by atoms with Gasteiger partial charge in [0.15, 0.2) is 0 Å². The summed E-state index contributed by atoms with van der Waals surface area (Å²) in [7, 11) is 1.31. The van der Waals surface area contributed by atoms with Crippen LogP contribution in [0.1, 0.15) is 0 Å². The highest BCUT2D eigenvalue weighted by atomic mass is 127. The number of hydrogen-bond acceptors (Lipinski definition) is 2. The van der Waals surface area contributed by atoms with E-state index in [0.29, 0.717) is 0 Å². The van der Waals surface area contributed by atoms with Gasteiger partial charge in [0.2, 0.25) is 9.05 Å². The Kier molecular flexibility index (Phi) is 7.94. The van der Waals surface area contributed by atoms with Gasteiger partial charge in [-0.15, -0.1) is 0 Å². The van der Waals surface area contributed by atoms with Crippen LogP contribution in [-0.2, 0) is 9.05 Å². The Labute approximate surface area is 61.8 Å². The molecule has 0 unspecified atom stereocenters. The van der Waals surface area contributed by atoms with Crippen molar-refractivity contribution in [3.05, 3.63) is 0 Å². The molecule has 2 nitrogen and oxygen atoms in total. The zero-order valence-corrected chi connectivity index (χ0v) is 7.71. The second-order valence-electron chi connectivity index (χ2n) is 0.682. The third kappa shape index (κ3) is 183. The fraction of sp³-hybridized carbons (Fsp3) is 1.00. The highest BCUT2D eigenvalue weighted by Gasteiger charge is 1.83. The minimum absolute atomic E-state index is 0.925. The molecule has 0 aromatic carbocycles. The van der Waals surface area contributed by atoms with E-state index >= 15 is 0 Å². The average Bonchev–Trinajstić information content (AvgIpc) is 1.36. The molecule has 5 heteroatoms. The summed E-state index contributed by atoms with van der Waals surface area (Å²) >= 11 is 2.15. The number of alkyl halides is 1. The van der Waals surface area contributed by atoms with Crippen LogP contribution in [0.2, 0.25) is 0 Å². The molecule has 0 spiro atoms. The van der Waals surface area contributed by atoms with Crippen LogP contribution >= 0.6 is 33.3 Å². The summed E-state index contributed by atoms with van der Waals surface area (Å²) in [5.74, 6) is 0. The van der Waals surface area contributed by atoms with E-state index in [0.717, 1.165) is 6.26 Å². The first-order valence-electron chi connectivity index (χ1n) is 1.27. The van der Waals surface area contributed by atoms with Gasteiger partial charge in [-0.3, -0.25) is 0 Å². The third-order valence-electron chi connectivity index (χ3n) is 0. The second-order valence-corrected chi connectivity index (χ2v) is 3.73. The lowest BCUT2D eigenvalue weighted by Gasteiger charge is -1.65. The average molecular weight is 256 g/mol. The summed E-state index contributed by atoms with van der Waals surface area (Å²) in [5, 5.41) is 0. The van der Waals surface area contributed by atoms with Crippen LogP contribution in [0.5, 0.6) is 0 Å². The molecule has 0 bridgehead atoms. The van der Waals surface area contributed by atoms with E-state index in [9.17, 15) is 8.42 Å². The number of hydrogen-bond donors (Lipinski definition) is 0. The molecule has 0 amide bonds. The van der Waals surface area contributed by atoms with Crippen molar-refractivity contribution in [3.8, 4) is 0 Å². The van der Waals surface area contributed by atoms with E-state index in [4.69, 9.17) is 0 Å². The molecule has 0 aliphatic rings. The number of halogens is 2. The Morgan fingerprint density at radius 1 is 1.43 bits per heavy atom. The smallest absolute Gasteiger partial charge is 0.213 e. The molecule has 0 aliphatic heterocycles. The molecule has 46 valence electrons. The molecule has 0 aliphatic carbocycles. The van der Waals surface area contributed by atoms with E-state index in [2.05, 4.69) is 33.3 Å². The SMILES string of the molecule is CI.CS(=O)(=O)Cl. The Morgan fingerprint density at radius 3 is 1.43 bits per heavy atom. The molecule has 0 saturated heterocycles. The molecular formula is C2H6ClIO2S. The standard InChI is InChI=1S/CH3ClO2S.CH3I/c1-5(2,3)4;1-2/h1H3;1H3. The molecule has 0 fully saturated rings. The lowest BCUT2D eigenvalue weighted by molar-refractivity contribution is 0.615. The van der Waals surface area contributed by atoms with Crippen molar-refractivity contribution >= 4 is 42.3 Å². The lowest BCUT2D eigenvalue weighted by atomic mass is 12.0. The quantitative estimate of drug-likeness (QED) is 0.371. The van der Waals surface area contributed by atoms with Gasteiger partial charge >= 0.3 is 0 Å². The van der Waals surface area contributed by atoms with Crippen molar-refractivity contribution < 1.29 is 8.42 Å². The molecular weight excluding hydrogens is 250 g/mol. The van der Waals surface area contributed by atoms with Crippen molar-refractivity contribution in [1.82, 2.24) is 0 Å².